The van der Waals surface area contributed by atoms with Gasteiger partial charge in [0.05, 0.1) is 17.3 Å². The molecule has 1 aliphatic heterocycles. The number of piperidine rings is 1. The van der Waals surface area contributed by atoms with E-state index in [1.807, 2.05) is 36.0 Å². The van der Waals surface area contributed by atoms with Gasteiger partial charge in [-0.3, -0.25) is 13.9 Å². The Labute approximate surface area is 240 Å². The summed E-state index contributed by atoms with van der Waals surface area (Å²) < 4.78 is 26.4. The minimum absolute atomic E-state index is 0.0282. The van der Waals surface area contributed by atoms with Crippen LogP contribution in [0.1, 0.15) is 74.9 Å². The number of aromatic nitrogens is 5. The minimum atomic E-state index is -1.60. The van der Waals surface area contributed by atoms with Crippen LogP contribution < -0.4 is 5.69 Å². The Bertz CT molecular complexity index is 1590. The van der Waals surface area contributed by atoms with E-state index in [1.54, 1.807) is 42.4 Å². The Balaban J connectivity index is 1.41. The second kappa shape index (κ2) is 10.8. The molecule has 1 aromatic carbocycles. The van der Waals surface area contributed by atoms with Crippen molar-refractivity contribution >= 4 is 5.52 Å². The number of ether oxygens (including phenoxy) is 1. The lowest BCUT2D eigenvalue weighted by molar-refractivity contribution is -0.00525. The standard InChI is InChI=1S/C32H41FN6O2/c1-21-8-7-11-37(16-21)17-22-12-27(32(2,3)33)28-19-38(31(40)39(28)18-22)25-10-6-9-23(13-25)29(24-14-26(15-24)41-5)30-35-34-20-36(30)4/h6,9-10,12-13,18-21,24,26,29H,7-8,11,14-17H2,1-5H3/t21-,24?,26?,29+/m0/s1. The maximum atomic E-state index is 15.6. The van der Waals surface area contributed by atoms with Crippen molar-refractivity contribution in [2.45, 2.75) is 70.7 Å². The molecule has 41 heavy (non-hydrogen) atoms. The number of nitrogens with zero attached hydrogens (tertiary/aromatic N) is 6. The van der Waals surface area contributed by atoms with Crippen LogP contribution in [0.5, 0.6) is 0 Å². The van der Waals surface area contributed by atoms with E-state index in [-0.39, 0.29) is 17.7 Å². The van der Waals surface area contributed by atoms with Gasteiger partial charge in [0.1, 0.15) is 17.8 Å². The van der Waals surface area contributed by atoms with Crippen molar-refractivity contribution in [2.75, 3.05) is 20.2 Å². The van der Waals surface area contributed by atoms with Gasteiger partial charge in [-0.15, -0.1) is 10.2 Å². The average molecular weight is 561 g/mol. The number of hydrogen-bond acceptors (Lipinski definition) is 5. The Hall–Kier alpha value is -3.30. The summed E-state index contributed by atoms with van der Waals surface area (Å²) in [6.07, 6.45) is 9.96. The molecule has 2 atom stereocenters. The van der Waals surface area contributed by atoms with Gasteiger partial charge in [0, 0.05) is 51.1 Å². The minimum Gasteiger partial charge on any atom is -0.381 e. The summed E-state index contributed by atoms with van der Waals surface area (Å²) in [4.78, 5) is 16.3. The highest BCUT2D eigenvalue weighted by molar-refractivity contribution is 5.59. The highest BCUT2D eigenvalue weighted by atomic mass is 19.1. The van der Waals surface area contributed by atoms with Crippen LogP contribution in [0.25, 0.3) is 11.2 Å². The van der Waals surface area contributed by atoms with Gasteiger partial charge in [0.15, 0.2) is 0 Å². The van der Waals surface area contributed by atoms with Gasteiger partial charge < -0.3 is 9.30 Å². The van der Waals surface area contributed by atoms with Crippen molar-refractivity contribution in [1.82, 2.24) is 28.6 Å². The van der Waals surface area contributed by atoms with Crippen LogP contribution in [0.3, 0.4) is 0 Å². The van der Waals surface area contributed by atoms with Gasteiger partial charge in [-0.2, -0.15) is 0 Å². The van der Waals surface area contributed by atoms with E-state index in [1.165, 1.54) is 12.8 Å². The monoisotopic (exact) mass is 560 g/mol. The quantitative estimate of drug-likeness (QED) is 0.296. The molecule has 4 heterocycles. The molecule has 218 valence electrons. The normalized spacial score (nSPS) is 22.6. The fourth-order valence-corrected chi connectivity index (χ4v) is 6.83. The number of imidazole rings is 1. The Morgan fingerprint density at radius 1 is 1.20 bits per heavy atom. The van der Waals surface area contributed by atoms with Crippen LogP contribution in [0.4, 0.5) is 4.39 Å². The molecule has 0 spiro atoms. The number of halogens is 1. The molecule has 0 amide bonds. The third-order valence-corrected chi connectivity index (χ3v) is 9.08. The summed E-state index contributed by atoms with van der Waals surface area (Å²) in [7, 11) is 3.72. The number of likely N-dealkylation sites (tertiary alicyclic amines) is 1. The summed E-state index contributed by atoms with van der Waals surface area (Å²) in [6.45, 7) is 8.16. The van der Waals surface area contributed by atoms with E-state index in [0.29, 0.717) is 29.5 Å². The smallest absolute Gasteiger partial charge is 0.337 e. The van der Waals surface area contributed by atoms with Gasteiger partial charge in [0.25, 0.3) is 0 Å². The molecular formula is C32H41FN6O2. The summed E-state index contributed by atoms with van der Waals surface area (Å²) in [5.74, 6) is 1.93. The lowest BCUT2D eigenvalue weighted by Crippen LogP contribution is -2.35. The van der Waals surface area contributed by atoms with Gasteiger partial charge in [0.2, 0.25) is 0 Å². The molecule has 2 aliphatic rings. The van der Waals surface area contributed by atoms with E-state index in [0.717, 1.165) is 48.6 Å². The first kappa shape index (κ1) is 27.8. The summed E-state index contributed by atoms with van der Waals surface area (Å²) in [5, 5.41) is 8.60. The molecule has 9 heteroatoms. The average Bonchev–Trinajstić information content (AvgIpc) is 3.47. The highest BCUT2D eigenvalue weighted by Gasteiger charge is 2.39. The first-order valence-corrected chi connectivity index (χ1v) is 14.8. The van der Waals surface area contributed by atoms with Crippen LogP contribution in [0, 0.1) is 11.8 Å². The van der Waals surface area contributed by atoms with Crippen molar-refractivity contribution in [3.8, 4) is 5.69 Å². The van der Waals surface area contributed by atoms with Crippen molar-refractivity contribution < 1.29 is 9.13 Å². The number of aryl methyl sites for hydroxylation is 1. The topological polar surface area (TPSA) is 69.6 Å². The maximum Gasteiger partial charge on any atom is 0.337 e. The Kier molecular flexibility index (Phi) is 7.36. The second-order valence-corrected chi connectivity index (χ2v) is 12.7. The van der Waals surface area contributed by atoms with Crippen molar-refractivity contribution in [3.63, 3.8) is 0 Å². The molecule has 1 saturated heterocycles. The van der Waals surface area contributed by atoms with E-state index in [9.17, 15) is 4.79 Å². The molecule has 3 aromatic heterocycles. The van der Waals surface area contributed by atoms with Gasteiger partial charge in [-0.25, -0.2) is 9.18 Å². The first-order valence-electron chi connectivity index (χ1n) is 14.8. The fourth-order valence-electron chi connectivity index (χ4n) is 6.83. The third-order valence-electron chi connectivity index (χ3n) is 9.08. The number of hydrogen-bond donors (Lipinski definition) is 0. The summed E-state index contributed by atoms with van der Waals surface area (Å²) in [6, 6.07) is 10.0. The van der Waals surface area contributed by atoms with Crippen molar-refractivity contribution in [2.24, 2.45) is 18.9 Å². The van der Waals surface area contributed by atoms with E-state index >= 15 is 4.39 Å². The van der Waals surface area contributed by atoms with Crippen LogP contribution in [-0.4, -0.2) is 54.9 Å². The summed E-state index contributed by atoms with van der Waals surface area (Å²) >= 11 is 0. The van der Waals surface area contributed by atoms with Crippen molar-refractivity contribution in [3.05, 3.63) is 82.1 Å². The summed E-state index contributed by atoms with van der Waals surface area (Å²) in [5.41, 5.74) is 2.11. The van der Waals surface area contributed by atoms with E-state index < -0.39 is 5.67 Å². The molecule has 0 radical (unpaired) electrons. The number of fused-ring (bicyclic) bond motifs is 1. The van der Waals surface area contributed by atoms with E-state index in [2.05, 4.69) is 34.2 Å². The van der Waals surface area contributed by atoms with E-state index in [4.69, 9.17) is 4.74 Å². The zero-order chi connectivity index (χ0) is 28.9. The molecular weight excluding hydrogens is 519 g/mol. The fraction of sp³-hybridized carbons (Fsp3) is 0.531. The molecule has 6 rings (SSSR count). The highest BCUT2D eigenvalue weighted by Crippen LogP contribution is 2.44. The first-order chi connectivity index (χ1) is 19.6. The van der Waals surface area contributed by atoms with Crippen LogP contribution in [0.15, 0.2) is 53.8 Å². The Morgan fingerprint density at radius 2 is 2.00 bits per heavy atom. The number of alkyl halides is 1. The molecule has 1 aliphatic carbocycles. The lowest BCUT2D eigenvalue weighted by Gasteiger charge is -2.39. The Morgan fingerprint density at radius 3 is 2.68 bits per heavy atom. The predicted octanol–water partition coefficient (Wildman–Crippen LogP) is 5.21. The van der Waals surface area contributed by atoms with Gasteiger partial charge in [-0.1, -0.05) is 19.1 Å². The molecule has 0 N–H and O–H groups in total. The van der Waals surface area contributed by atoms with Crippen molar-refractivity contribution in [1.29, 1.82) is 0 Å². The van der Waals surface area contributed by atoms with Crippen LogP contribution in [-0.2, 0) is 24.0 Å². The number of pyridine rings is 1. The number of rotatable bonds is 8. The lowest BCUT2D eigenvalue weighted by atomic mass is 9.70. The largest absolute Gasteiger partial charge is 0.381 e. The zero-order valence-electron chi connectivity index (χ0n) is 24.8. The number of methoxy groups -OCH3 is 1. The zero-order valence-corrected chi connectivity index (χ0v) is 24.8. The third kappa shape index (κ3) is 5.37. The van der Waals surface area contributed by atoms with Crippen LogP contribution >= 0.6 is 0 Å². The maximum absolute atomic E-state index is 15.6. The molecule has 2 fully saturated rings. The molecule has 0 bridgehead atoms. The van der Waals surface area contributed by atoms with Gasteiger partial charge in [-0.05, 0) is 87.2 Å². The molecule has 1 saturated carbocycles. The second-order valence-electron chi connectivity index (χ2n) is 12.7. The SMILES string of the molecule is COC1CC([C@@H](c2cccc(-n3cc4c(C(C)(C)F)cc(CN5CCC[C@H](C)C5)cn4c3=O)c2)c2nncn2C)C1. The van der Waals surface area contributed by atoms with Gasteiger partial charge >= 0.3 is 5.69 Å². The molecule has 8 nitrogen and oxygen atoms in total. The predicted molar refractivity (Wildman–Crippen MR) is 157 cm³/mol. The van der Waals surface area contributed by atoms with Crippen LogP contribution in [0.2, 0.25) is 0 Å². The molecule has 4 aromatic rings. The number of benzene rings is 1. The molecule has 0 unspecified atom stereocenters.